The molecular weight excluding hydrogens is 360 g/mol. The van der Waals surface area contributed by atoms with Gasteiger partial charge in [-0.25, -0.2) is 4.79 Å². The lowest BCUT2D eigenvalue weighted by Gasteiger charge is -2.14. The number of nitrogens with one attached hydrogen (secondary N) is 1. The molecule has 1 N–H and O–H groups in total. The molecule has 0 aliphatic carbocycles. The molecule has 7 nitrogen and oxygen atoms in total. The van der Waals surface area contributed by atoms with E-state index >= 15 is 0 Å². The van der Waals surface area contributed by atoms with Crippen molar-refractivity contribution in [3.05, 3.63) is 47.5 Å². The molecule has 0 radical (unpaired) electrons. The van der Waals surface area contributed by atoms with Gasteiger partial charge in [-0.15, -0.1) is 0 Å². The van der Waals surface area contributed by atoms with Crippen LogP contribution in [0, 0.1) is 0 Å². The van der Waals surface area contributed by atoms with Crippen LogP contribution >= 0.6 is 0 Å². The second kappa shape index (κ2) is 9.75. The van der Waals surface area contributed by atoms with Crippen LogP contribution in [0.4, 0.5) is 0 Å². The quantitative estimate of drug-likeness (QED) is 0.703. The van der Waals surface area contributed by atoms with E-state index in [1.807, 2.05) is 19.0 Å². The monoisotopic (exact) mass is 386 g/mol. The number of hydrogen-bond donors (Lipinski definition) is 1. The summed E-state index contributed by atoms with van der Waals surface area (Å²) < 4.78 is 15.6. The zero-order chi connectivity index (χ0) is 20.7. The highest BCUT2D eigenvalue weighted by atomic mass is 16.5. The molecule has 28 heavy (non-hydrogen) atoms. The maximum Gasteiger partial charge on any atom is 0.337 e. The topological polar surface area (TPSA) is 77.1 Å². The first-order valence-electron chi connectivity index (χ1n) is 8.78. The number of nitrogens with zero attached hydrogens (tertiary/aromatic N) is 1. The highest BCUT2D eigenvalue weighted by Crippen LogP contribution is 2.34. The van der Waals surface area contributed by atoms with Crippen molar-refractivity contribution < 1.29 is 23.8 Å². The van der Waals surface area contributed by atoms with Crippen LogP contribution in [-0.2, 0) is 4.74 Å². The summed E-state index contributed by atoms with van der Waals surface area (Å²) >= 11 is 0. The van der Waals surface area contributed by atoms with Gasteiger partial charge in [0.2, 0.25) is 0 Å². The van der Waals surface area contributed by atoms with Gasteiger partial charge in [-0.2, -0.15) is 0 Å². The molecule has 0 saturated carbocycles. The van der Waals surface area contributed by atoms with E-state index in [-0.39, 0.29) is 11.5 Å². The Kier molecular flexibility index (Phi) is 7.40. The Morgan fingerprint density at radius 3 is 2.29 bits per heavy atom. The maximum absolute atomic E-state index is 12.6. The summed E-state index contributed by atoms with van der Waals surface area (Å²) in [6, 6.07) is 10.3. The Bertz CT molecular complexity index is 849. The number of likely N-dealkylation sites (N-methyl/N-ethyl adjacent to an activating group) is 1. The van der Waals surface area contributed by atoms with Crippen LogP contribution in [0.25, 0.3) is 11.1 Å². The number of rotatable bonds is 8. The van der Waals surface area contributed by atoms with Crippen LogP contribution in [0.1, 0.15) is 20.7 Å². The van der Waals surface area contributed by atoms with Crippen molar-refractivity contribution in [3.8, 4) is 22.6 Å². The molecule has 0 heterocycles. The lowest BCUT2D eigenvalue weighted by atomic mass is 9.98. The summed E-state index contributed by atoms with van der Waals surface area (Å²) in [4.78, 5) is 26.7. The van der Waals surface area contributed by atoms with Crippen LogP contribution < -0.4 is 14.8 Å². The van der Waals surface area contributed by atoms with Crippen molar-refractivity contribution in [2.75, 3.05) is 48.5 Å². The standard InChI is InChI=1S/C21H26N2O5/c1-23(2)9-8-22-20(24)15-10-14(11-16(12-15)21(25)28-5)18-13-17(26-3)6-7-19(18)27-4/h6-7,10-13H,8-9H2,1-5H3,(H,22,24). The number of carbonyl (C=O) groups excluding carboxylic acids is 2. The van der Waals surface area contributed by atoms with Gasteiger partial charge in [-0.3, -0.25) is 4.79 Å². The van der Waals surface area contributed by atoms with Crippen molar-refractivity contribution in [2.45, 2.75) is 0 Å². The molecule has 7 heteroatoms. The average Bonchev–Trinajstić information content (AvgIpc) is 2.71. The van der Waals surface area contributed by atoms with Gasteiger partial charge in [0.05, 0.1) is 26.9 Å². The summed E-state index contributed by atoms with van der Waals surface area (Å²) in [5, 5.41) is 2.86. The molecule has 0 spiro atoms. The van der Waals surface area contributed by atoms with Crippen molar-refractivity contribution >= 4 is 11.9 Å². The molecule has 0 aromatic heterocycles. The van der Waals surface area contributed by atoms with Gasteiger partial charge >= 0.3 is 5.97 Å². The number of ether oxygens (including phenoxy) is 3. The summed E-state index contributed by atoms with van der Waals surface area (Å²) in [5.74, 6) is 0.444. The Morgan fingerprint density at radius 1 is 0.964 bits per heavy atom. The Morgan fingerprint density at radius 2 is 1.68 bits per heavy atom. The zero-order valence-corrected chi connectivity index (χ0v) is 16.9. The van der Waals surface area contributed by atoms with E-state index in [1.54, 1.807) is 44.6 Å². The molecule has 0 saturated heterocycles. The fourth-order valence-electron chi connectivity index (χ4n) is 2.68. The van der Waals surface area contributed by atoms with E-state index in [2.05, 4.69) is 5.32 Å². The summed E-state index contributed by atoms with van der Waals surface area (Å²) in [6.45, 7) is 1.20. The van der Waals surface area contributed by atoms with Gasteiger partial charge in [-0.1, -0.05) is 0 Å². The first kappa shape index (κ1) is 21.2. The Balaban J connectivity index is 2.50. The van der Waals surface area contributed by atoms with E-state index in [9.17, 15) is 9.59 Å². The molecular formula is C21H26N2O5. The zero-order valence-electron chi connectivity index (χ0n) is 16.9. The van der Waals surface area contributed by atoms with Gasteiger partial charge in [-0.05, 0) is 56.1 Å². The molecule has 0 fully saturated rings. The molecule has 0 unspecified atom stereocenters. The number of esters is 1. The van der Waals surface area contributed by atoms with Crippen LogP contribution in [0.5, 0.6) is 11.5 Å². The molecule has 0 aliphatic rings. The minimum absolute atomic E-state index is 0.268. The maximum atomic E-state index is 12.6. The predicted molar refractivity (Wildman–Crippen MR) is 107 cm³/mol. The van der Waals surface area contributed by atoms with Crippen LogP contribution in [0.2, 0.25) is 0 Å². The smallest absolute Gasteiger partial charge is 0.337 e. The number of hydrogen-bond acceptors (Lipinski definition) is 6. The first-order chi connectivity index (χ1) is 13.4. The summed E-state index contributed by atoms with van der Waals surface area (Å²) in [6.07, 6.45) is 0. The number of carbonyl (C=O) groups is 2. The normalized spacial score (nSPS) is 10.5. The third-order valence-corrected chi connectivity index (χ3v) is 4.18. The third kappa shape index (κ3) is 5.23. The lowest BCUT2D eigenvalue weighted by Crippen LogP contribution is -2.31. The SMILES string of the molecule is COC(=O)c1cc(C(=O)NCCN(C)C)cc(-c2cc(OC)ccc2OC)c1. The lowest BCUT2D eigenvalue weighted by molar-refractivity contribution is 0.0600. The minimum Gasteiger partial charge on any atom is -0.497 e. The molecule has 2 aromatic rings. The molecule has 1 amide bonds. The summed E-state index contributed by atoms with van der Waals surface area (Å²) in [5.41, 5.74) is 2.00. The first-order valence-corrected chi connectivity index (χ1v) is 8.78. The fraction of sp³-hybridized carbons (Fsp3) is 0.333. The minimum atomic E-state index is -0.522. The van der Waals surface area contributed by atoms with Gasteiger partial charge in [0.1, 0.15) is 11.5 Å². The molecule has 0 bridgehead atoms. The third-order valence-electron chi connectivity index (χ3n) is 4.18. The average molecular weight is 386 g/mol. The molecule has 2 rings (SSSR count). The second-order valence-electron chi connectivity index (χ2n) is 6.42. The molecule has 2 aromatic carbocycles. The van der Waals surface area contributed by atoms with Crippen LogP contribution in [-0.4, -0.2) is 65.3 Å². The van der Waals surface area contributed by atoms with E-state index < -0.39 is 5.97 Å². The van der Waals surface area contributed by atoms with Crippen molar-refractivity contribution in [3.63, 3.8) is 0 Å². The highest BCUT2D eigenvalue weighted by Gasteiger charge is 2.16. The van der Waals surface area contributed by atoms with Gasteiger partial charge in [0.15, 0.2) is 0 Å². The number of benzene rings is 2. The van der Waals surface area contributed by atoms with E-state index in [4.69, 9.17) is 14.2 Å². The predicted octanol–water partition coefficient (Wildman–Crippen LogP) is 2.45. The van der Waals surface area contributed by atoms with Gasteiger partial charge in [0.25, 0.3) is 5.91 Å². The van der Waals surface area contributed by atoms with E-state index in [1.165, 1.54) is 13.2 Å². The number of methoxy groups -OCH3 is 3. The molecule has 0 atom stereocenters. The van der Waals surface area contributed by atoms with Crippen molar-refractivity contribution in [1.82, 2.24) is 10.2 Å². The van der Waals surface area contributed by atoms with Crippen molar-refractivity contribution in [1.29, 1.82) is 0 Å². The molecule has 0 aliphatic heterocycles. The second-order valence-corrected chi connectivity index (χ2v) is 6.42. The highest BCUT2D eigenvalue weighted by molar-refractivity contribution is 6.00. The number of amides is 1. The van der Waals surface area contributed by atoms with E-state index in [0.717, 1.165) is 0 Å². The van der Waals surface area contributed by atoms with Crippen LogP contribution in [0.15, 0.2) is 36.4 Å². The molecule has 150 valence electrons. The van der Waals surface area contributed by atoms with Crippen molar-refractivity contribution in [2.24, 2.45) is 0 Å². The largest absolute Gasteiger partial charge is 0.497 e. The Hall–Kier alpha value is -3.06. The van der Waals surface area contributed by atoms with Gasteiger partial charge < -0.3 is 24.4 Å². The fourth-order valence-corrected chi connectivity index (χ4v) is 2.68. The van der Waals surface area contributed by atoms with E-state index in [0.29, 0.717) is 41.3 Å². The summed E-state index contributed by atoms with van der Waals surface area (Å²) in [7, 11) is 8.29. The van der Waals surface area contributed by atoms with Gasteiger partial charge in [0, 0.05) is 24.2 Å². The Labute approximate surface area is 165 Å². The van der Waals surface area contributed by atoms with Crippen LogP contribution in [0.3, 0.4) is 0 Å².